The van der Waals surface area contributed by atoms with E-state index in [9.17, 15) is 18.0 Å². The van der Waals surface area contributed by atoms with Gasteiger partial charge >= 0.3 is 0 Å². The minimum absolute atomic E-state index is 0.0678. The predicted molar refractivity (Wildman–Crippen MR) is 130 cm³/mol. The lowest BCUT2D eigenvalue weighted by Gasteiger charge is -2.35. The van der Waals surface area contributed by atoms with Crippen molar-refractivity contribution in [1.82, 2.24) is 14.5 Å². The molecule has 184 valence electrons. The molecule has 0 atom stereocenters. The second-order valence-electron chi connectivity index (χ2n) is 8.65. The molecule has 8 nitrogen and oxygen atoms in total. The molecule has 0 radical (unpaired) electrons. The molecule has 1 aliphatic rings. The molecule has 0 unspecified atom stereocenters. The number of rotatable bonds is 9. The molecule has 2 amide bonds. The number of carbonyl (C=O) groups is 2. The van der Waals surface area contributed by atoms with Crippen molar-refractivity contribution in [2.75, 3.05) is 33.3 Å². The van der Waals surface area contributed by atoms with Gasteiger partial charge in [0.1, 0.15) is 10.6 Å². The average molecular weight is 488 g/mol. The van der Waals surface area contributed by atoms with Crippen LogP contribution in [0.25, 0.3) is 0 Å². The third-order valence-corrected chi connectivity index (χ3v) is 7.39. The van der Waals surface area contributed by atoms with Crippen molar-refractivity contribution in [1.29, 1.82) is 0 Å². The van der Waals surface area contributed by atoms with Crippen molar-refractivity contribution in [2.24, 2.45) is 0 Å². The maximum absolute atomic E-state index is 13.1. The summed E-state index contributed by atoms with van der Waals surface area (Å²) in [6.07, 6.45) is 2.13. The molecule has 1 heterocycles. The molecule has 1 aliphatic heterocycles. The van der Waals surface area contributed by atoms with Gasteiger partial charge in [-0.05, 0) is 50.5 Å². The first-order valence-corrected chi connectivity index (χ1v) is 13.0. The van der Waals surface area contributed by atoms with E-state index in [2.05, 4.69) is 16.9 Å². The second-order valence-corrected chi connectivity index (χ2v) is 10.3. The van der Waals surface area contributed by atoms with Crippen molar-refractivity contribution < 1.29 is 22.7 Å². The van der Waals surface area contributed by atoms with E-state index in [1.54, 1.807) is 29.7 Å². The van der Waals surface area contributed by atoms with Crippen LogP contribution in [-0.2, 0) is 21.2 Å². The third kappa shape index (κ3) is 6.57. The number of amides is 2. The van der Waals surface area contributed by atoms with Crippen LogP contribution >= 0.6 is 0 Å². The van der Waals surface area contributed by atoms with Gasteiger partial charge in [-0.2, -0.15) is 0 Å². The summed E-state index contributed by atoms with van der Waals surface area (Å²) >= 11 is 0. The molecule has 0 aromatic heterocycles. The van der Waals surface area contributed by atoms with Gasteiger partial charge in [0.2, 0.25) is 15.9 Å². The Morgan fingerprint density at radius 1 is 1.00 bits per heavy atom. The van der Waals surface area contributed by atoms with Gasteiger partial charge in [0.15, 0.2) is 0 Å². The maximum atomic E-state index is 13.1. The van der Waals surface area contributed by atoms with Crippen LogP contribution in [-0.4, -0.2) is 69.4 Å². The van der Waals surface area contributed by atoms with Crippen LogP contribution in [0.15, 0.2) is 53.4 Å². The van der Waals surface area contributed by atoms with Crippen LogP contribution in [0.4, 0.5) is 0 Å². The fraction of sp³-hybridized carbons (Fsp3) is 0.440. The molecule has 34 heavy (non-hydrogen) atoms. The fourth-order valence-corrected chi connectivity index (χ4v) is 5.43. The monoisotopic (exact) mass is 487 g/mol. The molecule has 2 aromatic rings. The SMILES string of the molecule is COc1ccc(C(=O)N2CCN(C(=O)CCCc3ccccc3)CC2)cc1S(=O)(=O)NC(C)C. The summed E-state index contributed by atoms with van der Waals surface area (Å²) in [5.74, 6) is 0.0102. The quantitative estimate of drug-likeness (QED) is 0.587. The van der Waals surface area contributed by atoms with E-state index >= 15 is 0 Å². The number of nitrogens with zero attached hydrogens (tertiary/aromatic N) is 2. The van der Waals surface area contributed by atoms with Gasteiger partial charge in [0.25, 0.3) is 5.91 Å². The van der Waals surface area contributed by atoms with Crippen molar-refractivity contribution in [3.8, 4) is 5.75 Å². The van der Waals surface area contributed by atoms with E-state index in [1.807, 2.05) is 18.2 Å². The fourth-order valence-electron chi connectivity index (χ4n) is 3.98. The average Bonchev–Trinajstić information content (AvgIpc) is 2.83. The van der Waals surface area contributed by atoms with E-state index < -0.39 is 10.0 Å². The summed E-state index contributed by atoms with van der Waals surface area (Å²) in [6, 6.07) is 14.2. The summed E-state index contributed by atoms with van der Waals surface area (Å²) < 4.78 is 33.1. The highest BCUT2D eigenvalue weighted by molar-refractivity contribution is 7.89. The molecular weight excluding hydrogens is 454 g/mol. The molecule has 0 saturated carbocycles. The standard InChI is InChI=1S/C25H33N3O5S/c1-19(2)26-34(31,32)23-18-21(12-13-22(23)33-3)25(30)28-16-14-27(15-17-28)24(29)11-7-10-20-8-5-4-6-9-20/h4-6,8-9,12-13,18-19,26H,7,10-11,14-17H2,1-3H3. The van der Waals surface area contributed by atoms with Crippen LogP contribution in [0.3, 0.4) is 0 Å². The number of hydrogen-bond acceptors (Lipinski definition) is 5. The molecule has 1 N–H and O–H groups in total. The Morgan fingerprint density at radius 3 is 2.26 bits per heavy atom. The molecule has 0 aliphatic carbocycles. The van der Waals surface area contributed by atoms with Gasteiger partial charge in [-0.25, -0.2) is 13.1 Å². The highest BCUT2D eigenvalue weighted by Gasteiger charge is 2.27. The molecular formula is C25H33N3O5S. The highest BCUT2D eigenvalue weighted by Crippen LogP contribution is 2.26. The van der Waals surface area contributed by atoms with E-state index in [1.165, 1.54) is 24.8 Å². The molecule has 3 rings (SSSR count). The number of hydrogen-bond donors (Lipinski definition) is 1. The minimum atomic E-state index is -3.84. The van der Waals surface area contributed by atoms with E-state index in [0.29, 0.717) is 32.6 Å². The number of piperazine rings is 1. The summed E-state index contributed by atoms with van der Waals surface area (Å²) in [5, 5.41) is 0. The molecule has 0 bridgehead atoms. The van der Waals surface area contributed by atoms with Gasteiger partial charge in [-0.15, -0.1) is 0 Å². The van der Waals surface area contributed by atoms with Crippen LogP contribution in [0.5, 0.6) is 5.75 Å². The first kappa shape index (κ1) is 25.7. The Labute approximate surface area is 201 Å². The number of sulfonamides is 1. The Kier molecular flexibility index (Phi) is 8.68. The Hall–Kier alpha value is -2.91. The highest BCUT2D eigenvalue weighted by atomic mass is 32.2. The van der Waals surface area contributed by atoms with E-state index in [0.717, 1.165) is 12.8 Å². The number of aryl methyl sites for hydroxylation is 1. The minimum Gasteiger partial charge on any atom is -0.495 e. The van der Waals surface area contributed by atoms with E-state index in [-0.39, 0.29) is 34.1 Å². The third-order valence-electron chi connectivity index (χ3n) is 5.71. The summed E-state index contributed by atoms with van der Waals surface area (Å²) in [6.45, 7) is 5.18. The number of methoxy groups -OCH3 is 1. The van der Waals surface area contributed by atoms with Crippen LogP contribution < -0.4 is 9.46 Å². The zero-order valence-corrected chi connectivity index (χ0v) is 20.8. The Bertz CT molecular complexity index is 1090. The van der Waals surface area contributed by atoms with Gasteiger partial charge in [0.05, 0.1) is 7.11 Å². The summed E-state index contributed by atoms with van der Waals surface area (Å²) in [4.78, 5) is 29.0. The molecule has 1 saturated heterocycles. The van der Waals surface area contributed by atoms with Crippen molar-refractivity contribution >= 4 is 21.8 Å². The predicted octanol–water partition coefficient (Wildman–Crippen LogP) is 2.69. The molecule has 2 aromatic carbocycles. The van der Waals surface area contributed by atoms with Gasteiger partial charge in [-0.3, -0.25) is 9.59 Å². The normalized spacial score (nSPS) is 14.4. The number of nitrogens with one attached hydrogen (secondary N) is 1. The number of ether oxygens (including phenoxy) is 1. The van der Waals surface area contributed by atoms with Crippen molar-refractivity contribution in [3.05, 3.63) is 59.7 Å². The topological polar surface area (TPSA) is 96.0 Å². The van der Waals surface area contributed by atoms with Gasteiger partial charge in [0, 0.05) is 44.2 Å². The van der Waals surface area contributed by atoms with Crippen molar-refractivity contribution in [2.45, 2.75) is 44.0 Å². The molecule has 0 spiro atoms. The zero-order chi connectivity index (χ0) is 24.7. The lowest BCUT2D eigenvalue weighted by molar-refractivity contribution is -0.132. The summed E-state index contributed by atoms with van der Waals surface area (Å²) in [7, 11) is -2.45. The van der Waals surface area contributed by atoms with Crippen LogP contribution in [0.1, 0.15) is 42.6 Å². The molecule has 9 heteroatoms. The zero-order valence-electron chi connectivity index (χ0n) is 20.0. The van der Waals surface area contributed by atoms with Gasteiger partial charge < -0.3 is 14.5 Å². The first-order chi connectivity index (χ1) is 16.2. The van der Waals surface area contributed by atoms with Crippen LogP contribution in [0.2, 0.25) is 0 Å². The lowest BCUT2D eigenvalue weighted by Crippen LogP contribution is -2.50. The smallest absolute Gasteiger partial charge is 0.254 e. The largest absolute Gasteiger partial charge is 0.495 e. The van der Waals surface area contributed by atoms with Crippen molar-refractivity contribution in [3.63, 3.8) is 0 Å². The Morgan fingerprint density at radius 2 is 1.65 bits per heavy atom. The molecule has 1 fully saturated rings. The van der Waals surface area contributed by atoms with Gasteiger partial charge in [-0.1, -0.05) is 30.3 Å². The van der Waals surface area contributed by atoms with E-state index in [4.69, 9.17) is 4.74 Å². The second kappa shape index (κ2) is 11.5. The maximum Gasteiger partial charge on any atom is 0.254 e. The Balaban J connectivity index is 1.58. The first-order valence-electron chi connectivity index (χ1n) is 11.5. The number of carbonyl (C=O) groups excluding carboxylic acids is 2. The summed E-state index contributed by atoms with van der Waals surface area (Å²) in [5.41, 5.74) is 1.49. The lowest BCUT2D eigenvalue weighted by atomic mass is 10.1. The van der Waals surface area contributed by atoms with Crippen LogP contribution in [0, 0.1) is 0 Å². The number of benzene rings is 2.